The zero-order valence-electron chi connectivity index (χ0n) is 23.2. The molecule has 14 heteroatoms. The number of likely N-dealkylation sites (tertiary alicyclic amines) is 2. The monoisotopic (exact) mass is 630 g/mol. The van der Waals surface area contributed by atoms with E-state index in [1.54, 1.807) is 18.2 Å². The summed E-state index contributed by atoms with van der Waals surface area (Å²) in [6, 6.07) is 7.22. The lowest BCUT2D eigenvalue weighted by Gasteiger charge is -2.33. The van der Waals surface area contributed by atoms with Gasteiger partial charge in [-0.15, -0.1) is 11.3 Å². The molecule has 2 aliphatic rings. The van der Waals surface area contributed by atoms with Gasteiger partial charge in [0.2, 0.25) is 27.7 Å². The number of rotatable bonds is 8. The standard InChI is InChI=1S/C28H31ClN6O5S2/c1-17-15-18(2)30-26-20(17)8-10-24(31-26)32-27(37)22-6-4-13-35(22)25(36)16-34-12-3-5-21(28(34)38)33-42(39,40)14-11-19-7-9-23(29)41-19/h7-11,14-15,21-22,33H,3-6,12-13,16H2,1-2H3,(H,30,31,32,37)/t21-,22+/m0/s1. The molecule has 0 bridgehead atoms. The van der Waals surface area contributed by atoms with E-state index < -0.39 is 28.0 Å². The van der Waals surface area contributed by atoms with Crippen molar-refractivity contribution in [2.45, 2.75) is 51.6 Å². The minimum absolute atomic E-state index is 0.235. The van der Waals surface area contributed by atoms with Gasteiger partial charge in [0.25, 0.3) is 0 Å². The average Bonchev–Trinajstić information content (AvgIpc) is 3.59. The van der Waals surface area contributed by atoms with Crippen LogP contribution < -0.4 is 10.0 Å². The summed E-state index contributed by atoms with van der Waals surface area (Å²) in [6.45, 7) is 4.33. The zero-order valence-corrected chi connectivity index (χ0v) is 25.6. The largest absolute Gasteiger partial charge is 0.332 e. The van der Waals surface area contributed by atoms with Crippen LogP contribution in [0.4, 0.5) is 5.82 Å². The summed E-state index contributed by atoms with van der Waals surface area (Å²) >= 11 is 7.12. The molecule has 0 aliphatic carbocycles. The van der Waals surface area contributed by atoms with Crippen molar-refractivity contribution >= 4 is 73.6 Å². The van der Waals surface area contributed by atoms with Crippen molar-refractivity contribution in [1.29, 1.82) is 0 Å². The van der Waals surface area contributed by atoms with Crippen molar-refractivity contribution in [1.82, 2.24) is 24.5 Å². The minimum atomic E-state index is -3.91. The topological polar surface area (TPSA) is 142 Å². The smallest absolute Gasteiger partial charge is 0.248 e. The van der Waals surface area contributed by atoms with Crippen molar-refractivity contribution < 1.29 is 22.8 Å². The van der Waals surface area contributed by atoms with Crippen LogP contribution in [0.5, 0.6) is 0 Å². The van der Waals surface area contributed by atoms with Gasteiger partial charge in [0, 0.05) is 34.5 Å². The fourth-order valence-electron chi connectivity index (χ4n) is 5.32. The van der Waals surface area contributed by atoms with Gasteiger partial charge in [-0.3, -0.25) is 14.4 Å². The fourth-order valence-corrected chi connectivity index (χ4v) is 7.39. The molecule has 2 aliphatic heterocycles. The Morgan fingerprint density at radius 3 is 2.67 bits per heavy atom. The number of amides is 3. The molecule has 0 spiro atoms. The first kappa shape index (κ1) is 30.1. The van der Waals surface area contributed by atoms with Crippen LogP contribution in [0.3, 0.4) is 0 Å². The average molecular weight is 631 g/mol. The third kappa shape index (κ3) is 6.97. The van der Waals surface area contributed by atoms with Gasteiger partial charge in [-0.2, -0.15) is 4.72 Å². The van der Waals surface area contributed by atoms with Crippen molar-refractivity contribution in [3.8, 4) is 0 Å². The number of carbonyl (C=O) groups is 3. The summed E-state index contributed by atoms with van der Waals surface area (Å²) in [5.41, 5.74) is 2.40. The molecule has 0 aromatic carbocycles. The highest BCUT2D eigenvalue weighted by molar-refractivity contribution is 7.92. The maximum atomic E-state index is 13.3. The highest BCUT2D eigenvalue weighted by Crippen LogP contribution is 2.24. The Kier molecular flexibility index (Phi) is 8.92. The summed E-state index contributed by atoms with van der Waals surface area (Å²) in [6.07, 6.45) is 3.40. The molecule has 2 N–H and O–H groups in total. The van der Waals surface area contributed by atoms with Gasteiger partial charge in [0.1, 0.15) is 17.9 Å². The molecule has 3 amide bonds. The summed E-state index contributed by atoms with van der Waals surface area (Å²) in [4.78, 5) is 52.1. The van der Waals surface area contributed by atoms with Crippen LogP contribution in [0.2, 0.25) is 4.34 Å². The predicted molar refractivity (Wildman–Crippen MR) is 162 cm³/mol. The molecule has 3 aromatic heterocycles. The second-order valence-electron chi connectivity index (χ2n) is 10.4. The number of pyridine rings is 2. The Labute approximate surface area is 253 Å². The molecule has 3 aromatic rings. The SMILES string of the molecule is Cc1cc(C)c2ccc(NC(=O)[C@H]3CCCN3C(=O)CN3CCC[C@H](NS(=O)(=O)C=Cc4ccc(Cl)s4)C3=O)nc2n1. The number of thiophene rings is 1. The predicted octanol–water partition coefficient (Wildman–Crippen LogP) is 3.47. The number of aromatic nitrogens is 2. The van der Waals surface area contributed by atoms with Crippen LogP contribution in [0.1, 0.15) is 41.8 Å². The first-order valence-corrected chi connectivity index (χ1v) is 16.3. The van der Waals surface area contributed by atoms with E-state index in [9.17, 15) is 22.8 Å². The van der Waals surface area contributed by atoms with Crippen molar-refractivity contribution in [3.05, 3.63) is 56.2 Å². The lowest BCUT2D eigenvalue weighted by Crippen LogP contribution is -2.55. The van der Waals surface area contributed by atoms with Gasteiger partial charge in [-0.05, 0) is 81.5 Å². The Balaban J connectivity index is 1.20. The van der Waals surface area contributed by atoms with Crippen molar-refractivity contribution in [2.24, 2.45) is 0 Å². The third-order valence-electron chi connectivity index (χ3n) is 7.30. The van der Waals surface area contributed by atoms with Gasteiger partial charge in [0.15, 0.2) is 5.65 Å². The van der Waals surface area contributed by atoms with Crippen LogP contribution in [0, 0.1) is 13.8 Å². The molecule has 42 heavy (non-hydrogen) atoms. The van der Waals surface area contributed by atoms with Crippen LogP contribution >= 0.6 is 22.9 Å². The molecule has 2 fully saturated rings. The second-order valence-corrected chi connectivity index (χ2v) is 13.8. The normalized spacial score (nSPS) is 19.6. The number of nitrogens with one attached hydrogen (secondary N) is 2. The highest BCUT2D eigenvalue weighted by Gasteiger charge is 2.37. The Hall–Kier alpha value is -3.39. The molecular weight excluding hydrogens is 600 g/mol. The molecule has 2 atom stereocenters. The number of carbonyl (C=O) groups excluding carboxylic acids is 3. The molecule has 0 saturated carbocycles. The number of halogens is 1. The van der Waals surface area contributed by atoms with E-state index in [0.29, 0.717) is 59.5 Å². The van der Waals surface area contributed by atoms with E-state index in [2.05, 4.69) is 20.0 Å². The number of hydrogen-bond acceptors (Lipinski definition) is 8. The number of sulfonamides is 1. The van der Waals surface area contributed by atoms with E-state index in [1.165, 1.54) is 27.2 Å². The number of aryl methyl sites for hydroxylation is 2. The lowest BCUT2D eigenvalue weighted by molar-refractivity contribution is -0.144. The molecule has 0 radical (unpaired) electrons. The number of anilines is 1. The molecule has 0 unspecified atom stereocenters. The first-order valence-electron chi connectivity index (χ1n) is 13.6. The van der Waals surface area contributed by atoms with Gasteiger partial charge in [-0.1, -0.05) is 11.6 Å². The minimum Gasteiger partial charge on any atom is -0.332 e. The number of nitrogens with zero attached hydrogens (tertiary/aromatic N) is 4. The van der Waals surface area contributed by atoms with E-state index in [4.69, 9.17) is 11.6 Å². The van der Waals surface area contributed by atoms with E-state index in [-0.39, 0.29) is 18.4 Å². The van der Waals surface area contributed by atoms with Crippen LogP contribution in [-0.4, -0.2) is 77.6 Å². The van der Waals surface area contributed by atoms with E-state index in [0.717, 1.165) is 22.1 Å². The maximum Gasteiger partial charge on any atom is 0.248 e. The third-order valence-corrected chi connectivity index (χ3v) is 9.61. The molecule has 11 nitrogen and oxygen atoms in total. The van der Waals surface area contributed by atoms with Crippen LogP contribution in [-0.2, 0) is 24.4 Å². The summed E-state index contributed by atoms with van der Waals surface area (Å²) in [7, 11) is -3.91. The summed E-state index contributed by atoms with van der Waals surface area (Å²) < 4.78 is 28.2. The van der Waals surface area contributed by atoms with Crippen molar-refractivity contribution in [2.75, 3.05) is 25.0 Å². The number of hydrogen-bond donors (Lipinski definition) is 2. The van der Waals surface area contributed by atoms with E-state index >= 15 is 0 Å². The zero-order chi connectivity index (χ0) is 30.0. The fraction of sp³-hybridized carbons (Fsp3) is 0.393. The maximum absolute atomic E-state index is 13.3. The highest BCUT2D eigenvalue weighted by atomic mass is 35.5. The van der Waals surface area contributed by atoms with Gasteiger partial charge < -0.3 is 15.1 Å². The lowest BCUT2D eigenvalue weighted by atomic mass is 10.1. The van der Waals surface area contributed by atoms with Crippen molar-refractivity contribution in [3.63, 3.8) is 0 Å². The number of piperidine rings is 1. The quantitative estimate of drug-likeness (QED) is 0.388. The van der Waals surface area contributed by atoms with Gasteiger partial charge >= 0.3 is 0 Å². The molecule has 5 heterocycles. The van der Waals surface area contributed by atoms with Crippen LogP contribution in [0.25, 0.3) is 17.1 Å². The molecule has 222 valence electrons. The molecule has 2 saturated heterocycles. The Morgan fingerprint density at radius 1 is 1.12 bits per heavy atom. The Morgan fingerprint density at radius 2 is 1.90 bits per heavy atom. The molecular formula is C28H31ClN6O5S2. The number of fused-ring (bicyclic) bond motifs is 1. The molecule has 5 rings (SSSR count). The van der Waals surface area contributed by atoms with Crippen LogP contribution in [0.15, 0.2) is 35.7 Å². The first-order chi connectivity index (χ1) is 20.0. The van der Waals surface area contributed by atoms with E-state index in [1.807, 2.05) is 26.0 Å². The summed E-state index contributed by atoms with van der Waals surface area (Å²) in [5.74, 6) is -0.837. The van der Waals surface area contributed by atoms with Gasteiger partial charge in [-0.25, -0.2) is 18.4 Å². The second kappa shape index (κ2) is 12.5. The Bertz CT molecular complexity index is 1670. The van der Waals surface area contributed by atoms with Gasteiger partial charge in [0.05, 0.1) is 10.9 Å². The summed E-state index contributed by atoms with van der Waals surface area (Å²) in [5, 5.41) is 4.71.